The molecule has 1 atom stereocenters. The monoisotopic (exact) mass is 458 g/mol. The first kappa shape index (κ1) is 21.5. The van der Waals surface area contributed by atoms with Crippen molar-refractivity contribution in [2.45, 2.75) is 50.0 Å². The standard InChI is InChI=1S/C23H30N4O4S/c1-26-9-8-15(10-21(26)28)12-27-13-18(14-27)32(30,31)25-23(29)24-22-19-6-2-4-16(19)11-17-5-3-7-20(17)22/h8-11,18,21,28H,2-7,12-14H2,1H3,(H2,24,25,29). The van der Waals surface area contributed by atoms with Crippen molar-refractivity contribution in [3.05, 3.63) is 52.2 Å². The molecule has 0 saturated carbocycles. The van der Waals surface area contributed by atoms with Gasteiger partial charge in [-0.2, -0.15) is 0 Å². The van der Waals surface area contributed by atoms with Crippen LogP contribution in [0.15, 0.2) is 30.0 Å². The summed E-state index contributed by atoms with van der Waals surface area (Å²) in [6.45, 7) is 1.29. The average molecular weight is 459 g/mol. The van der Waals surface area contributed by atoms with Crippen LogP contribution < -0.4 is 10.0 Å². The Labute approximate surface area is 189 Å². The highest BCUT2D eigenvalue weighted by molar-refractivity contribution is 7.90. The number of likely N-dealkylation sites (N-methyl/N-ethyl adjacent to an activating group) is 1. The fourth-order valence-electron chi connectivity index (χ4n) is 5.20. The number of hydrogen-bond donors (Lipinski definition) is 3. The van der Waals surface area contributed by atoms with E-state index in [1.54, 1.807) is 24.2 Å². The van der Waals surface area contributed by atoms with Gasteiger partial charge >= 0.3 is 6.03 Å². The maximum absolute atomic E-state index is 12.7. The molecule has 5 rings (SSSR count). The van der Waals surface area contributed by atoms with E-state index in [1.807, 2.05) is 11.0 Å². The number of nitrogens with one attached hydrogen (secondary N) is 2. The third kappa shape index (κ3) is 4.04. The number of carbonyl (C=O) groups excluding carboxylic acids is 1. The Morgan fingerprint density at radius 2 is 1.78 bits per heavy atom. The first-order valence-electron chi connectivity index (χ1n) is 11.3. The first-order valence-corrected chi connectivity index (χ1v) is 12.8. The normalized spacial score (nSPS) is 22.9. The van der Waals surface area contributed by atoms with Gasteiger partial charge in [-0.3, -0.25) is 4.90 Å². The molecule has 2 amide bonds. The summed E-state index contributed by atoms with van der Waals surface area (Å²) in [5.74, 6) is 0. The van der Waals surface area contributed by atoms with Gasteiger partial charge in [0.05, 0.1) is 0 Å². The Kier molecular flexibility index (Phi) is 5.51. The van der Waals surface area contributed by atoms with Gasteiger partial charge < -0.3 is 15.3 Å². The molecule has 3 N–H and O–H groups in total. The molecular formula is C23H30N4O4S. The van der Waals surface area contributed by atoms with Crippen LogP contribution in [-0.4, -0.2) is 67.5 Å². The summed E-state index contributed by atoms with van der Waals surface area (Å²) in [6, 6.07) is 1.61. The predicted molar refractivity (Wildman–Crippen MR) is 123 cm³/mol. The van der Waals surface area contributed by atoms with Gasteiger partial charge in [0.2, 0.25) is 10.0 Å². The number of anilines is 1. The van der Waals surface area contributed by atoms with Gasteiger partial charge in [-0.15, -0.1) is 0 Å². The van der Waals surface area contributed by atoms with Gasteiger partial charge in [0.15, 0.2) is 0 Å². The minimum absolute atomic E-state index is 0.357. The second-order valence-corrected chi connectivity index (χ2v) is 11.2. The SMILES string of the molecule is CN1C=CC(CN2CC(S(=O)(=O)NC(=O)Nc3c4c(cc5c3CCC5)CCC4)C2)=CC1O. The summed E-state index contributed by atoms with van der Waals surface area (Å²) in [7, 11) is -1.98. The number of fused-ring (bicyclic) bond motifs is 2. The fraction of sp³-hybridized carbons (Fsp3) is 0.522. The fourth-order valence-corrected chi connectivity index (χ4v) is 6.49. The summed E-state index contributed by atoms with van der Waals surface area (Å²) in [5, 5.41) is 12.2. The summed E-state index contributed by atoms with van der Waals surface area (Å²) in [4.78, 5) is 16.4. The van der Waals surface area contributed by atoms with Crippen molar-refractivity contribution in [3.8, 4) is 0 Å². The lowest BCUT2D eigenvalue weighted by molar-refractivity contribution is 0.0948. The van der Waals surface area contributed by atoms with E-state index in [2.05, 4.69) is 16.1 Å². The topological polar surface area (TPSA) is 102 Å². The Balaban J connectivity index is 1.19. The molecule has 2 aliphatic carbocycles. The van der Waals surface area contributed by atoms with Crippen molar-refractivity contribution in [1.29, 1.82) is 0 Å². The Morgan fingerprint density at radius 1 is 1.12 bits per heavy atom. The van der Waals surface area contributed by atoms with Crippen LogP contribution in [0.4, 0.5) is 10.5 Å². The second-order valence-electron chi connectivity index (χ2n) is 9.29. The lowest BCUT2D eigenvalue weighted by Crippen LogP contribution is -2.58. The van der Waals surface area contributed by atoms with E-state index in [-0.39, 0.29) is 0 Å². The zero-order valence-electron chi connectivity index (χ0n) is 18.3. The molecule has 172 valence electrons. The number of amides is 2. The predicted octanol–water partition coefficient (Wildman–Crippen LogP) is 1.50. The highest BCUT2D eigenvalue weighted by Gasteiger charge is 2.38. The number of carbonyl (C=O) groups is 1. The summed E-state index contributed by atoms with van der Waals surface area (Å²) in [5.41, 5.74) is 6.73. The van der Waals surface area contributed by atoms with Crippen LogP contribution in [0.25, 0.3) is 0 Å². The molecule has 0 bridgehead atoms. The molecule has 2 heterocycles. The number of likely N-dealkylation sites (tertiary alicyclic amines) is 1. The number of nitrogens with zero attached hydrogens (tertiary/aromatic N) is 2. The van der Waals surface area contributed by atoms with E-state index in [0.29, 0.717) is 19.6 Å². The largest absolute Gasteiger partial charge is 0.370 e. The number of aryl methyl sites for hydroxylation is 2. The highest BCUT2D eigenvalue weighted by Crippen LogP contribution is 2.38. The zero-order chi connectivity index (χ0) is 22.5. The highest BCUT2D eigenvalue weighted by atomic mass is 32.2. The molecular weight excluding hydrogens is 428 g/mol. The molecule has 0 radical (unpaired) electrons. The van der Waals surface area contributed by atoms with Gasteiger partial charge in [0.25, 0.3) is 0 Å². The van der Waals surface area contributed by atoms with Gasteiger partial charge in [-0.05, 0) is 78.5 Å². The molecule has 2 aliphatic heterocycles. The number of hydrogen-bond acceptors (Lipinski definition) is 6. The van der Waals surface area contributed by atoms with Gasteiger partial charge in [0, 0.05) is 38.6 Å². The minimum Gasteiger partial charge on any atom is -0.370 e. The number of urea groups is 1. The van der Waals surface area contributed by atoms with Crippen molar-refractivity contribution >= 4 is 21.7 Å². The Morgan fingerprint density at radius 3 is 2.41 bits per heavy atom. The zero-order valence-corrected chi connectivity index (χ0v) is 19.1. The van der Waals surface area contributed by atoms with Gasteiger partial charge in [-0.1, -0.05) is 6.07 Å². The van der Waals surface area contributed by atoms with E-state index in [0.717, 1.165) is 49.8 Å². The lowest BCUT2D eigenvalue weighted by atomic mass is 9.99. The summed E-state index contributed by atoms with van der Waals surface area (Å²) >= 11 is 0. The molecule has 0 spiro atoms. The van der Waals surface area contributed by atoms with Crippen molar-refractivity contribution in [2.75, 3.05) is 32.0 Å². The smallest absolute Gasteiger partial charge is 0.332 e. The number of sulfonamides is 1. The molecule has 1 aromatic carbocycles. The van der Waals surface area contributed by atoms with Crippen LogP contribution in [0.1, 0.15) is 35.1 Å². The molecule has 0 aromatic heterocycles. The average Bonchev–Trinajstić information content (AvgIpc) is 3.35. The van der Waals surface area contributed by atoms with Crippen LogP contribution in [0, 0.1) is 0 Å². The van der Waals surface area contributed by atoms with Crippen LogP contribution in [-0.2, 0) is 35.7 Å². The van der Waals surface area contributed by atoms with Crippen molar-refractivity contribution in [2.24, 2.45) is 0 Å². The number of aliphatic hydroxyl groups excluding tert-OH is 1. The van der Waals surface area contributed by atoms with Crippen molar-refractivity contribution in [1.82, 2.24) is 14.5 Å². The number of benzene rings is 1. The Hall–Kier alpha value is -2.36. The molecule has 1 unspecified atom stereocenters. The summed E-state index contributed by atoms with van der Waals surface area (Å²) in [6.07, 6.45) is 10.9. The quantitative estimate of drug-likeness (QED) is 0.618. The maximum Gasteiger partial charge on any atom is 0.332 e. The van der Waals surface area contributed by atoms with E-state index in [4.69, 9.17) is 0 Å². The van der Waals surface area contributed by atoms with E-state index < -0.39 is 27.5 Å². The second kappa shape index (κ2) is 8.20. The van der Waals surface area contributed by atoms with Gasteiger partial charge in [-0.25, -0.2) is 17.9 Å². The van der Waals surface area contributed by atoms with Crippen LogP contribution in [0.2, 0.25) is 0 Å². The third-order valence-electron chi connectivity index (χ3n) is 7.02. The Bertz CT molecular complexity index is 1070. The maximum atomic E-state index is 12.7. The molecule has 8 nitrogen and oxygen atoms in total. The van der Waals surface area contributed by atoms with Crippen molar-refractivity contribution in [3.63, 3.8) is 0 Å². The molecule has 1 fully saturated rings. The van der Waals surface area contributed by atoms with Crippen molar-refractivity contribution < 1.29 is 18.3 Å². The number of aliphatic hydroxyl groups is 1. The molecule has 4 aliphatic rings. The lowest BCUT2D eigenvalue weighted by Gasteiger charge is -2.39. The molecule has 1 aromatic rings. The van der Waals surface area contributed by atoms with Gasteiger partial charge in [0.1, 0.15) is 11.5 Å². The minimum atomic E-state index is -3.76. The van der Waals surface area contributed by atoms with E-state index in [9.17, 15) is 18.3 Å². The van der Waals surface area contributed by atoms with E-state index in [1.165, 1.54) is 22.3 Å². The molecule has 1 saturated heterocycles. The molecule has 32 heavy (non-hydrogen) atoms. The third-order valence-corrected chi connectivity index (χ3v) is 8.67. The van der Waals surface area contributed by atoms with Crippen LogP contribution in [0.3, 0.4) is 0 Å². The first-order chi connectivity index (χ1) is 15.3. The van der Waals surface area contributed by atoms with Crippen LogP contribution >= 0.6 is 0 Å². The van der Waals surface area contributed by atoms with Crippen LogP contribution in [0.5, 0.6) is 0 Å². The van der Waals surface area contributed by atoms with E-state index >= 15 is 0 Å². The number of rotatable bonds is 5. The molecule has 9 heteroatoms. The summed E-state index contributed by atoms with van der Waals surface area (Å²) < 4.78 is 27.7.